The van der Waals surface area contributed by atoms with Crippen molar-refractivity contribution in [2.45, 2.75) is 52.5 Å². The number of para-hydroxylation sites is 1. The first-order valence-electron chi connectivity index (χ1n) is 7.57. The number of nitrogens with zero attached hydrogens (tertiary/aromatic N) is 1. The van der Waals surface area contributed by atoms with E-state index in [1.54, 1.807) is 0 Å². The zero-order valence-electron chi connectivity index (χ0n) is 13.1. The summed E-state index contributed by atoms with van der Waals surface area (Å²) in [5.74, 6) is 0.680. The molecule has 1 unspecified atom stereocenters. The molecule has 3 heteroatoms. The van der Waals surface area contributed by atoms with Crippen LogP contribution in [0.4, 0.5) is 0 Å². The molecule has 1 N–H and O–H groups in total. The summed E-state index contributed by atoms with van der Waals surface area (Å²) in [5.41, 5.74) is 1.34. The number of rotatable bonds is 6. The molecule has 1 aromatic heterocycles. The number of hydrogen-bond acceptors (Lipinski definition) is 3. The molecule has 1 aromatic carbocycles. The largest absolute Gasteiger partial charge is 0.312 e. The van der Waals surface area contributed by atoms with Crippen molar-refractivity contribution in [2.75, 3.05) is 6.54 Å². The van der Waals surface area contributed by atoms with Crippen molar-refractivity contribution in [1.82, 2.24) is 10.3 Å². The molecule has 2 aromatic rings. The summed E-state index contributed by atoms with van der Waals surface area (Å²) in [6, 6.07) is 8.43. The maximum absolute atomic E-state index is 4.77. The maximum atomic E-state index is 4.77. The monoisotopic (exact) mass is 290 g/mol. The van der Waals surface area contributed by atoms with Gasteiger partial charge in [0.25, 0.3) is 0 Å². The molecule has 2 nitrogen and oxygen atoms in total. The standard InChI is InChI=1S/C17H26N2S/c1-5-8-13(12-18-17(2,3)4)11-16-19-14-9-6-7-10-15(14)20-16/h6-7,9-10,13,18H,5,8,11-12H2,1-4H3. The van der Waals surface area contributed by atoms with E-state index in [1.807, 2.05) is 11.3 Å². The average molecular weight is 290 g/mol. The first-order valence-corrected chi connectivity index (χ1v) is 8.39. The third-order valence-corrected chi connectivity index (χ3v) is 4.48. The van der Waals surface area contributed by atoms with Crippen LogP contribution < -0.4 is 5.32 Å². The van der Waals surface area contributed by atoms with Crippen molar-refractivity contribution >= 4 is 21.6 Å². The van der Waals surface area contributed by atoms with Crippen molar-refractivity contribution in [2.24, 2.45) is 5.92 Å². The van der Waals surface area contributed by atoms with Crippen LogP contribution >= 0.6 is 11.3 Å². The first kappa shape index (κ1) is 15.5. The lowest BCUT2D eigenvalue weighted by atomic mass is 9.98. The summed E-state index contributed by atoms with van der Waals surface area (Å²) in [6.45, 7) is 10.0. The Morgan fingerprint density at radius 1 is 1.25 bits per heavy atom. The van der Waals surface area contributed by atoms with E-state index < -0.39 is 0 Å². The highest BCUT2D eigenvalue weighted by molar-refractivity contribution is 7.18. The number of hydrogen-bond donors (Lipinski definition) is 1. The molecule has 2 rings (SSSR count). The van der Waals surface area contributed by atoms with E-state index in [0.717, 1.165) is 18.5 Å². The van der Waals surface area contributed by atoms with E-state index in [2.05, 4.69) is 57.3 Å². The smallest absolute Gasteiger partial charge is 0.0941 e. The number of nitrogens with one attached hydrogen (secondary N) is 1. The van der Waals surface area contributed by atoms with Crippen molar-refractivity contribution in [3.63, 3.8) is 0 Å². The van der Waals surface area contributed by atoms with Gasteiger partial charge in [-0.2, -0.15) is 0 Å². The summed E-state index contributed by atoms with van der Waals surface area (Å²) in [7, 11) is 0. The molecule has 1 heterocycles. The molecule has 0 saturated carbocycles. The lowest BCUT2D eigenvalue weighted by Gasteiger charge is -2.24. The van der Waals surface area contributed by atoms with Gasteiger partial charge < -0.3 is 5.32 Å². The number of thiazole rings is 1. The van der Waals surface area contributed by atoms with Gasteiger partial charge in [-0.05, 0) is 51.8 Å². The van der Waals surface area contributed by atoms with Gasteiger partial charge in [0.1, 0.15) is 0 Å². The molecule has 0 radical (unpaired) electrons. The van der Waals surface area contributed by atoms with Crippen LogP contribution in [0.3, 0.4) is 0 Å². The minimum Gasteiger partial charge on any atom is -0.312 e. The van der Waals surface area contributed by atoms with Gasteiger partial charge in [0.05, 0.1) is 15.2 Å². The highest BCUT2D eigenvalue weighted by Crippen LogP contribution is 2.25. The lowest BCUT2D eigenvalue weighted by Crippen LogP contribution is -2.39. The molecule has 0 bridgehead atoms. The Bertz CT molecular complexity index is 506. The SMILES string of the molecule is CCCC(CNC(C)(C)C)Cc1nc2ccccc2s1. The molecule has 0 aliphatic heterocycles. The van der Waals surface area contributed by atoms with Gasteiger partial charge >= 0.3 is 0 Å². The van der Waals surface area contributed by atoms with Gasteiger partial charge in [0.2, 0.25) is 0 Å². The van der Waals surface area contributed by atoms with Crippen LogP contribution in [-0.2, 0) is 6.42 Å². The molecule has 0 amide bonds. The van der Waals surface area contributed by atoms with Crippen molar-refractivity contribution in [3.8, 4) is 0 Å². The van der Waals surface area contributed by atoms with Crippen LogP contribution in [0.15, 0.2) is 24.3 Å². The highest BCUT2D eigenvalue weighted by Gasteiger charge is 2.16. The predicted molar refractivity (Wildman–Crippen MR) is 89.5 cm³/mol. The zero-order valence-corrected chi connectivity index (χ0v) is 13.9. The minimum absolute atomic E-state index is 0.194. The van der Waals surface area contributed by atoms with Gasteiger partial charge in [-0.25, -0.2) is 4.98 Å². The molecular formula is C17H26N2S. The molecule has 1 atom stereocenters. The molecule has 0 spiro atoms. The van der Waals surface area contributed by atoms with Gasteiger partial charge in [-0.15, -0.1) is 11.3 Å². The summed E-state index contributed by atoms with van der Waals surface area (Å²) < 4.78 is 1.31. The Morgan fingerprint density at radius 3 is 2.65 bits per heavy atom. The Morgan fingerprint density at radius 2 is 2.00 bits per heavy atom. The molecule has 0 saturated heterocycles. The van der Waals surface area contributed by atoms with Crippen molar-refractivity contribution < 1.29 is 0 Å². The number of benzene rings is 1. The topological polar surface area (TPSA) is 24.9 Å². The number of fused-ring (bicyclic) bond motifs is 1. The molecule has 110 valence electrons. The number of aromatic nitrogens is 1. The summed E-state index contributed by atoms with van der Waals surface area (Å²) >= 11 is 1.85. The van der Waals surface area contributed by atoms with Crippen LogP contribution in [0.5, 0.6) is 0 Å². The van der Waals surface area contributed by atoms with Gasteiger partial charge in [0.15, 0.2) is 0 Å². The van der Waals surface area contributed by atoms with Crippen LogP contribution in [-0.4, -0.2) is 17.1 Å². The maximum Gasteiger partial charge on any atom is 0.0941 e. The van der Waals surface area contributed by atoms with E-state index in [9.17, 15) is 0 Å². The highest BCUT2D eigenvalue weighted by atomic mass is 32.1. The van der Waals surface area contributed by atoms with Crippen LogP contribution in [0.1, 0.15) is 45.5 Å². The van der Waals surface area contributed by atoms with Crippen LogP contribution in [0.2, 0.25) is 0 Å². The Hall–Kier alpha value is -0.930. The molecule has 0 aliphatic carbocycles. The van der Waals surface area contributed by atoms with E-state index in [-0.39, 0.29) is 5.54 Å². The minimum atomic E-state index is 0.194. The van der Waals surface area contributed by atoms with Gasteiger partial charge in [0, 0.05) is 12.0 Å². The summed E-state index contributed by atoms with van der Waals surface area (Å²) in [6.07, 6.45) is 3.59. The second kappa shape index (κ2) is 6.68. The summed E-state index contributed by atoms with van der Waals surface area (Å²) in [5, 5.41) is 4.92. The van der Waals surface area contributed by atoms with E-state index in [0.29, 0.717) is 5.92 Å². The van der Waals surface area contributed by atoms with Crippen molar-refractivity contribution in [3.05, 3.63) is 29.3 Å². The fraction of sp³-hybridized carbons (Fsp3) is 0.588. The van der Waals surface area contributed by atoms with Gasteiger partial charge in [-0.3, -0.25) is 0 Å². The molecule has 20 heavy (non-hydrogen) atoms. The fourth-order valence-corrected chi connectivity index (χ4v) is 3.47. The van der Waals surface area contributed by atoms with Crippen LogP contribution in [0, 0.1) is 5.92 Å². The first-order chi connectivity index (χ1) is 9.48. The van der Waals surface area contributed by atoms with E-state index in [4.69, 9.17) is 4.98 Å². The zero-order chi connectivity index (χ0) is 14.6. The normalized spacial score (nSPS) is 13.8. The third-order valence-electron chi connectivity index (χ3n) is 3.42. The Balaban J connectivity index is 2.03. The van der Waals surface area contributed by atoms with Gasteiger partial charge in [-0.1, -0.05) is 25.5 Å². The van der Waals surface area contributed by atoms with E-state index in [1.165, 1.54) is 22.5 Å². The molecular weight excluding hydrogens is 264 g/mol. The second-order valence-electron chi connectivity index (χ2n) is 6.57. The second-order valence-corrected chi connectivity index (χ2v) is 7.68. The molecule has 0 aliphatic rings. The lowest BCUT2D eigenvalue weighted by molar-refractivity contribution is 0.355. The predicted octanol–water partition coefficient (Wildman–Crippen LogP) is 4.64. The van der Waals surface area contributed by atoms with Crippen molar-refractivity contribution in [1.29, 1.82) is 0 Å². The quantitative estimate of drug-likeness (QED) is 0.838. The Labute approximate surface area is 126 Å². The average Bonchev–Trinajstić information content (AvgIpc) is 2.77. The fourth-order valence-electron chi connectivity index (χ4n) is 2.39. The van der Waals surface area contributed by atoms with Crippen LogP contribution in [0.25, 0.3) is 10.2 Å². The third kappa shape index (κ3) is 4.57. The Kier molecular flexibility index (Phi) is 5.17. The van der Waals surface area contributed by atoms with E-state index >= 15 is 0 Å². The summed E-state index contributed by atoms with van der Waals surface area (Å²) in [4.78, 5) is 4.77. The molecule has 0 fully saturated rings.